The van der Waals surface area contributed by atoms with Crippen molar-refractivity contribution in [1.82, 2.24) is 9.88 Å². The van der Waals surface area contributed by atoms with Gasteiger partial charge in [0.25, 0.3) is 11.8 Å². The summed E-state index contributed by atoms with van der Waals surface area (Å²) in [5.41, 5.74) is 0.962. The van der Waals surface area contributed by atoms with Crippen LogP contribution in [-0.2, 0) is 16.6 Å². The second-order valence-corrected chi connectivity index (χ2v) is 5.79. The van der Waals surface area contributed by atoms with Crippen LogP contribution in [0, 0.1) is 0 Å². The van der Waals surface area contributed by atoms with E-state index in [4.69, 9.17) is 23.2 Å². The second-order valence-electron chi connectivity index (χ2n) is 5.02. The molecule has 0 atom stereocenters. The molecule has 2 aromatic rings. The SMILES string of the molecule is COC(=O)CNC(=O)c1cccc(NC(=O)c2cc(Cl)c(Cl)n2C)c1. The Labute approximate surface area is 153 Å². The number of benzene rings is 1. The van der Waals surface area contributed by atoms with Gasteiger partial charge in [0.15, 0.2) is 0 Å². The van der Waals surface area contributed by atoms with Crippen LogP contribution in [0.25, 0.3) is 0 Å². The number of aromatic nitrogens is 1. The van der Waals surface area contributed by atoms with E-state index in [0.717, 1.165) is 0 Å². The van der Waals surface area contributed by atoms with Crippen molar-refractivity contribution in [2.75, 3.05) is 19.0 Å². The average Bonchev–Trinajstić information content (AvgIpc) is 2.87. The highest BCUT2D eigenvalue weighted by Gasteiger charge is 2.16. The summed E-state index contributed by atoms with van der Waals surface area (Å²) in [6.07, 6.45) is 0. The molecule has 1 heterocycles. The van der Waals surface area contributed by atoms with Gasteiger partial charge in [0.05, 0.1) is 12.1 Å². The minimum absolute atomic E-state index is 0.244. The van der Waals surface area contributed by atoms with E-state index in [1.54, 1.807) is 25.2 Å². The number of amides is 2. The number of rotatable bonds is 5. The minimum atomic E-state index is -0.560. The van der Waals surface area contributed by atoms with Crippen molar-refractivity contribution in [2.24, 2.45) is 7.05 Å². The zero-order valence-electron chi connectivity index (χ0n) is 13.4. The summed E-state index contributed by atoms with van der Waals surface area (Å²) in [4.78, 5) is 35.4. The number of methoxy groups -OCH3 is 1. The van der Waals surface area contributed by atoms with Gasteiger partial charge in [0, 0.05) is 18.3 Å². The number of hydrogen-bond acceptors (Lipinski definition) is 4. The van der Waals surface area contributed by atoms with Crippen molar-refractivity contribution in [2.45, 2.75) is 0 Å². The Morgan fingerprint density at radius 3 is 2.48 bits per heavy atom. The molecule has 9 heteroatoms. The summed E-state index contributed by atoms with van der Waals surface area (Å²) < 4.78 is 5.90. The Morgan fingerprint density at radius 1 is 1.16 bits per heavy atom. The van der Waals surface area contributed by atoms with Crippen LogP contribution in [0.1, 0.15) is 20.8 Å². The number of esters is 1. The summed E-state index contributed by atoms with van der Waals surface area (Å²) in [7, 11) is 2.84. The molecular formula is C16H15Cl2N3O4. The molecule has 0 bridgehead atoms. The van der Waals surface area contributed by atoms with Crippen molar-refractivity contribution < 1.29 is 19.1 Å². The molecule has 2 N–H and O–H groups in total. The topological polar surface area (TPSA) is 89.4 Å². The normalized spacial score (nSPS) is 10.2. The highest BCUT2D eigenvalue weighted by molar-refractivity contribution is 6.42. The summed E-state index contributed by atoms with van der Waals surface area (Å²) in [5, 5.41) is 5.60. The number of nitrogens with one attached hydrogen (secondary N) is 2. The predicted molar refractivity (Wildman–Crippen MR) is 94.2 cm³/mol. The lowest BCUT2D eigenvalue weighted by molar-refractivity contribution is -0.139. The van der Waals surface area contributed by atoms with Crippen LogP contribution in [0.15, 0.2) is 30.3 Å². The van der Waals surface area contributed by atoms with E-state index in [1.165, 1.54) is 23.8 Å². The first kappa shape index (κ1) is 18.8. The first-order chi connectivity index (χ1) is 11.8. The van der Waals surface area contributed by atoms with E-state index >= 15 is 0 Å². The van der Waals surface area contributed by atoms with E-state index in [2.05, 4.69) is 15.4 Å². The number of carbonyl (C=O) groups is 3. The van der Waals surface area contributed by atoms with Gasteiger partial charge in [0.2, 0.25) is 0 Å². The number of anilines is 1. The lowest BCUT2D eigenvalue weighted by Gasteiger charge is -2.09. The third-order valence-corrected chi connectivity index (χ3v) is 4.19. The second kappa shape index (κ2) is 8.04. The van der Waals surface area contributed by atoms with Gasteiger partial charge in [-0.2, -0.15) is 0 Å². The molecule has 1 aromatic carbocycles. The standard InChI is InChI=1S/C16H15Cl2N3O4/c1-21-12(7-11(17)14(21)18)16(24)20-10-5-3-4-9(6-10)15(23)19-8-13(22)25-2/h3-7H,8H2,1-2H3,(H,19,23)(H,20,24). The van der Waals surface area contributed by atoms with Gasteiger partial charge in [0.1, 0.15) is 17.4 Å². The molecule has 2 rings (SSSR count). The molecule has 25 heavy (non-hydrogen) atoms. The van der Waals surface area contributed by atoms with Crippen molar-refractivity contribution in [3.8, 4) is 0 Å². The summed E-state index contributed by atoms with van der Waals surface area (Å²) in [6, 6.07) is 7.72. The smallest absolute Gasteiger partial charge is 0.325 e. The van der Waals surface area contributed by atoms with Crippen LogP contribution in [-0.4, -0.2) is 36.0 Å². The Morgan fingerprint density at radius 2 is 1.88 bits per heavy atom. The summed E-state index contributed by atoms with van der Waals surface area (Å²) >= 11 is 11.8. The van der Waals surface area contributed by atoms with Crippen LogP contribution < -0.4 is 10.6 Å². The minimum Gasteiger partial charge on any atom is -0.468 e. The zero-order chi connectivity index (χ0) is 18.6. The molecule has 0 aliphatic rings. The van der Waals surface area contributed by atoms with E-state index < -0.39 is 17.8 Å². The predicted octanol–water partition coefficient (Wildman–Crippen LogP) is 2.49. The maximum absolute atomic E-state index is 12.3. The van der Waals surface area contributed by atoms with E-state index in [9.17, 15) is 14.4 Å². The van der Waals surface area contributed by atoms with E-state index in [-0.39, 0.29) is 28.0 Å². The maximum atomic E-state index is 12.3. The Kier molecular flexibility index (Phi) is 6.06. The van der Waals surface area contributed by atoms with E-state index in [1.807, 2.05) is 0 Å². The number of ether oxygens (including phenoxy) is 1. The molecule has 0 saturated carbocycles. The lowest BCUT2D eigenvalue weighted by atomic mass is 10.2. The van der Waals surface area contributed by atoms with Gasteiger partial charge >= 0.3 is 5.97 Å². The fraction of sp³-hybridized carbons (Fsp3) is 0.188. The molecular weight excluding hydrogens is 369 g/mol. The molecule has 0 saturated heterocycles. The highest BCUT2D eigenvalue weighted by Crippen LogP contribution is 2.25. The molecule has 0 radical (unpaired) electrons. The molecule has 0 spiro atoms. The Hall–Kier alpha value is -2.51. The Balaban J connectivity index is 2.10. The number of hydrogen-bond donors (Lipinski definition) is 2. The molecule has 0 aliphatic heterocycles. The van der Waals surface area contributed by atoms with Gasteiger partial charge in [-0.1, -0.05) is 29.3 Å². The zero-order valence-corrected chi connectivity index (χ0v) is 14.9. The summed E-state index contributed by atoms with van der Waals surface area (Å²) in [6.45, 7) is -0.244. The fourth-order valence-corrected chi connectivity index (χ4v) is 2.40. The third-order valence-electron chi connectivity index (χ3n) is 3.35. The number of halogens is 2. The largest absolute Gasteiger partial charge is 0.468 e. The molecule has 0 unspecified atom stereocenters. The molecule has 2 amide bonds. The van der Waals surface area contributed by atoms with Crippen molar-refractivity contribution in [3.05, 3.63) is 51.8 Å². The van der Waals surface area contributed by atoms with Crippen LogP contribution >= 0.6 is 23.2 Å². The van der Waals surface area contributed by atoms with Gasteiger partial charge in [-0.3, -0.25) is 14.4 Å². The van der Waals surface area contributed by atoms with E-state index in [0.29, 0.717) is 5.69 Å². The molecule has 0 fully saturated rings. The first-order valence-electron chi connectivity index (χ1n) is 7.10. The third kappa shape index (κ3) is 4.52. The maximum Gasteiger partial charge on any atom is 0.325 e. The van der Waals surface area contributed by atoms with Gasteiger partial charge < -0.3 is 19.9 Å². The number of nitrogens with zero attached hydrogens (tertiary/aromatic N) is 1. The summed E-state index contributed by atoms with van der Waals surface area (Å²) in [5.74, 6) is -1.45. The van der Waals surface area contributed by atoms with Crippen molar-refractivity contribution in [3.63, 3.8) is 0 Å². The Bertz CT molecular complexity index is 833. The van der Waals surface area contributed by atoms with Crippen molar-refractivity contribution in [1.29, 1.82) is 0 Å². The quantitative estimate of drug-likeness (QED) is 0.776. The molecule has 132 valence electrons. The van der Waals surface area contributed by atoms with Crippen LogP contribution in [0.5, 0.6) is 0 Å². The molecule has 7 nitrogen and oxygen atoms in total. The van der Waals surface area contributed by atoms with Crippen molar-refractivity contribution >= 4 is 46.7 Å². The van der Waals surface area contributed by atoms with Crippen LogP contribution in [0.4, 0.5) is 5.69 Å². The monoisotopic (exact) mass is 383 g/mol. The molecule has 0 aliphatic carbocycles. The molecule has 1 aromatic heterocycles. The van der Waals surface area contributed by atoms with Gasteiger partial charge in [-0.25, -0.2) is 0 Å². The first-order valence-corrected chi connectivity index (χ1v) is 7.86. The lowest BCUT2D eigenvalue weighted by Crippen LogP contribution is -2.30. The van der Waals surface area contributed by atoms with Gasteiger partial charge in [-0.15, -0.1) is 0 Å². The number of carbonyl (C=O) groups excluding carboxylic acids is 3. The average molecular weight is 384 g/mol. The highest BCUT2D eigenvalue weighted by atomic mass is 35.5. The van der Waals surface area contributed by atoms with Gasteiger partial charge in [-0.05, 0) is 24.3 Å². The fourth-order valence-electron chi connectivity index (χ4n) is 2.02. The van der Waals surface area contributed by atoms with Crippen LogP contribution in [0.3, 0.4) is 0 Å². The van der Waals surface area contributed by atoms with Crippen LogP contribution in [0.2, 0.25) is 10.2 Å².